The largest absolute Gasteiger partial charge is 0.465 e. The molecule has 1 amide bonds. The molecule has 0 bridgehead atoms. The van der Waals surface area contributed by atoms with E-state index in [1.165, 1.54) is 4.90 Å². The minimum atomic E-state index is -0.943. The Morgan fingerprint density at radius 3 is 2.47 bits per heavy atom. The van der Waals surface area contributed by atoms with Gasteiger partial charge in [-0.1, -0.05) is 20.8 Å². The fraction of sp³-hybridized carbons (Fsp3) is 0.917. The van der Waals surface area contributed by atoms with Gasteiger partial charge in [0.2, 0.25) is 0 Å². The summed E-state index contributed by atoms with van der Waals surface area (Å²) in [6.07, 6.45) is -1.54. The summed E-state index contributed by atoms with van der Waals surface area (Å²) in [4.78, 5) is 12.7. The molecule has 1 heterocycles. The molecule has 1 rings (SSSR count). The minimum Gasteiger partial charge on any atom is -0.465 e. The molecule has 3 atom stereocenters. The van der Waals surface area contributed by atoms with Crippen LogP contribution < -0.4 is 0 Å². The summed E-state index contributed by atoms with van der Waals surface area (Å²) in [6, 6.07) is -0.316. The highest BCUT2D eigenvalue weighted by Crippen LogP contribution is 2.34. The summed E-state index contributed by atoms with van der Waals surface area (Å²) in [5, 5.41) is 19.2. The topological polar surface area (TPSA) is 70.0 Å². The number of ether oxygens (including phenoxy) is 1. The zero-order valence-corrected chi connectivity index (χ0v) is 11.0. The highest BCUT2D eigenvalue weighted by Gasteiger charge is 2.46. The summed E-state index contributed by atoms with van der Waals surface area (Å²) in [6.45, 7) is 8.60. The highest BCUT2D eigenvalue weighted by atomic mass is 16.5. The predicted molar refractivity (Wildman–Crippen MR) is 64.0 cm³/mol. The fourth-order valence-corrected chi connectivity index (χ4v) is 2.53. The summed E-state index contributed by atoms with van der Waals surface area (Å²) in [5.74, 6) is 0. The number of carboxylic acid groups (broad SMARTS) is 1. The molecule has 1 saturated heterocycles. The maximum absolute atomic E-state index is 11.3. The van der Waals surface area contributed by atoms with E-state index in [2.05, 4.69) is 0 Å². The van der Waals surface area contributed by atoms with Crippen molar-refractivity contribution in [1.29, 1.82) is 0 Å². The second-order valence-corrected chi connectivity index (χ2v) is 5.56. The Bertz CT molecular complexity index is 274. The van der Waals surface area contributed by atoms with E-state index in [1.807, 2.05) is 27.7 Å². The Labute approximate surface area is 102 Å². The van der Waals surface area contributed by atoms with Gasteiger partial charge in [0.15, 0.2) is 0 Å². The molecular formula is C12H23NO4. The summed E-state index contributed by atoms with van der Waals surface area (Å²) in [7, 11) is 0. The molecule has 0 spiro atoms. The van der Waals surface area contributed by atoms with Crippen LogP contribution in [0.25, 0.3) is 0 Å². The van der Waals surface area contributed by atoms with Gasteiger partial charge in [-0.15, -0.1) is 0 Å². The number of nitrogens with zero attached hydrogens (tertiary/aromatic N) is 1. The van der Waals surface area contributed by atoms with Gasteiger partial charge in [0, 0.05) is 13.2 Å². The molecule has 5 nitrogen and oxygen atoms in total. The van der Waals surface area contributed by atoms with Crippen molar-refractivity contribution in [1.82, 2.24) is 4.90 Å². The maximum atomic E-state index is 11.3. The zero-order valence-electron chi connectivity index (χ0n) is 11.0. The van der Waals surface area contributed by atoms with E-state index >= 15 is 0 Å². The molecule has 0 aliphatic carbocycles. The third-order valence-electron chi connectivity index (χ3n) is 3.18. The number of carbonyl (C=O) groups is 1. The minimum absolute atomic E-state index is 0.264. The Morgan fingerprint density at radius 2 is 2.06 bits per heavy atom. The number of aliphatic hydroxyl groups excluding tert-OH is 1. The Balaban J connectivity index is 3.00. The van der Waals surface area contributed by atoms with Gasteiger partial charge in [-0.05, 0) is 18.8 Å². The van der Waals surface area contributed by atoms with E-state index in [9.17, 15) is 15.0 Å². The van der Waals surface area contributed by atoms with Crippen molar-refractivity contribution in [3.63, 3.8) is 0 Å². The SMILES string of the molecule is CCOC1C(O)CCN(C(=O)O)C1C(C)(C)C. The summed E-state index contributed by atoms with van der Waals surface area (Å²) in [5.41, 5.74) is -0.264. The fourth-order valence-electron chi connectivity index (χ4n) is 2.53. The van der Waals surface area contributed by atoms with E-state index in [4.69, 9.17) is 4.74 Å². The second-order valence-electron chi connectivity index (χ2n) is 5.56. The van der Waals surface area contributed by atoms with Gasteiger partial charge in [-0.3, -0.25) is 0 Å². The average molecular weight is 245 g/mol. The van der Waals surface area contributed by atoms with Gasteiger partial charge in [0.25, 0.3) is 0 Å². The Morgan fingerprint density at radius 1 is 1.47 bits per heavy atom. The number of hydrogen-bond donors (Lipinski definition) is 2. The van der Waals surface area contributed by atoms with E-state index < -0.39 is 18.3 Å². The molecule has 1 aliphatic rings. The molecule has 0 aromatic rings. The lowest BCUT2D eigenvalue weighted by Gasteiger charge is -2.48. The molecule has 1 fully saturated rings. The normalized spacial score (nSPS) is 30.4. The van der Waals surface area contributed by atoms with Crippen LogP contribution >= 0.6 is 0 Å². The molecule has 2 N–H and O–H groups in total. The van der Waals surface area contributed by atoms with Crippen LogP contribution in [0.15, 0.2) is 0 Å². The van der Waals surface area contributed by atoms with Gasteiger partial charge in [-0.25, -0.2) is 4.79 Å². The van der Waals surface area contributed by atoms with Crippen LogP contribution in [-0.2, 0) is 4.74 Å². The van der Waals surface area contributed by atoms with Crippen molar-refractivity contribution in [3.05, 3.63) is 0 Å². The predicted octanol–water partition coefficient (Wildman–Crippen LogP) is 1.55. The standard InChI is InChI=1S/C12H23NO4/c1-5-17-9-8(14)6-7-13(11(15)16)10(9)12(2,3)4/h8-10,14H,5-7H2,1-4H3,(H,15,16). The maximum Gasteiger partial charge on any atom is 0.407 e. The van der Waals surface area contributed by atoms with Crippen molar-refractivity contribution in [2.75, 3.05) is 13.2 Å². The molecule has 0 aromatic heterocycles. The zero-order chi connectivity index (χ0) is 13.2. The monoisotopic (exact) mass is 245 g/mol. The van der Waals surface area contributed by atoms with Crippen molar-refractivity contribution in [3.8, 4) is 0 Å². The van der Waals surface area contributed by atoms with Crippen molar-refractivity contribution >= 4 is 6.09 Å². The Hall–Kier alpha value is -0.810. The van der Waals surface area contributed by atoms with Crippen LogP contribution in [0, 0.1) is 5.41 Å². The second kappa shape index (κ2) is 5.23. The highest BCUT2D eigenvalue weighted by molar-refractivity contribution is 5.66. The molecule has 100 valence electrons. The number of hydrogen-bond acceptors (Lipinski definition) is 3. The number of aliphatic hydroxyl groups is 1. The quantitative estimate of drug-likeness (QED) is 0.774. The van der Waals surface area contributed by atoms with E-state index in [-0.39, 0.29) is 11.5 Å². The summed E-state index contributed by atoms with van der Waals surface area (Å²) >= 11 is 0. The third kappa shape index (κ3) is 3.10. The first-order valence-corrected chi connectivity index (χ1v) is 6.08. The number of piperidine rings is 1. The summed E-state index contributed by atoms with van der Waals surface area (Å²) < 4.78 is 5.56. The van der Waals surface area contributed by atoms with Gasteiger partial charge in [0.1, 0.15) is 6.10 Å². The lowest BCUT2D eigenvalue weighted by molar-refractivity contribution is -0.126. The van der Waals surface area contributed by atoms with Gasteiger partial charge in [0.05, 0.1) is 12.1 Å². The smallest absolute Gasteiger partial charge is 0.407 e. The van der Waals surface area contributed by atoms with Crippen LogP contribution in [-0.4, -0.2) is 52.6 Å². The number of rotatable bonds is 2. The first-order chi connectivity index (χ1) is 7.79. The number of amides is 1. The van der Waals surface area contributed by atoms with Crippen molar-refractivity contribution < 1.29 is 19.7 Å². The molecule has 0 aromatic carbocycles. The van der Waals surface area contributed by atoms with Crippen LogP contribution in [0.3, 0.4) is 0 Å². The molecule has 1 aliphatic heterocycles. The Kier molecular flexibility index (Phi) is 4.38. The van der Waals surface area contributed by atoms with Gasteiger partial charge < -0.3 is 19.8 Å². The molecule has 17 heavy (non-hydrogen) atoms. The van der Waals surface area contributed by atoms with Gasteiger partial charge >= 0.3 is 6.09 Å². The molecular weight excluding hydrogens is 222 g/mol. The first kappa shape index (κ1) is 14.3. The molecule has 0 saturated carbocycles. The first-order valence-electron chi connectivity index (χ1n) is 6.08. The lowest BCUT2D eigenvalue weighted by Crippen LogP contribution is -2.62. The van der Waals surface area contributed by atoms with Crippen LogP contribution in [0.1, 0.15) is 34.1 Å². The van der Waals surface area contributed by atoms with Crippen molar-refractivity contribution in [2.45, 2.75) is 52.4 Å². The van der Waals surface area contributed by atoms with Gasteiger partial charge in [-0.2, -0.15) is 0 Å². The molecule has 5 heteroatoms. The molecule has 3 unspecified atom stereocenters. The van der Waals surface area contributed by atoms with Crippen LogP contribution in [0.2, 0.25) is 0 Å². The van der Waals surface area contributed by atoms with E-state index in [0.29, 0.717) is 19.6 Å². The van der Waals surface area contributed by atoms with E-state index in [1.54, 1.807) is 0 Å². The van der Waals surface area contributed by atoms with Crippen molar-refractivity contribution in [2.24, 2.45) is 5.41 Å². The number of likely N-dealkylation sites (tertiary alicyclic amines) is 1. The van der Waals surface area contributed by atoms with Crippen LogP contribution in [0.4, 0.5) is 4.79 Å². The third-order valence-corrected chi connectivity index (χ3v) is 3.18. The lowest BCUT2D eigenvalue weighted by atomic mass is 9.78. The average Bonchev–Trinajstić information content (AvgIpc) is 2.18. The molecule has 0 radical (unpaired) electrons. The van der Waals surface area contributed by atoms with Crippen LogP contribution in [0.5, 0.6) is 0 Å². The van der Waals surface area contributed by atoms with E-state index in [0.717, 1.165) is 0 Å².